The second kappa shape index (κ2) is 7.15. The molecule has 2 saturated heterocycles. The summed E-state index contributed by atoms with van der Waals surface area (Å²) < 4.78 is 4.94. The van der Waals surface area contributed by atoms with E-state index in [0.29, 0.717) is 13.1 Å². The minimum Gasteiger partial charge on any atom is -0.375 e. The van der Waals surface area contributed by atoms with Gasteiger partial charge in [-0.15, -0.1) is 11.8 Å². The van der Waals surface area contributed by atoms with Crippen LogP contribution in [0, 0.1) is 6.92 Å². The van der Waals surface area contributed by atoms with Crippen molar-refractivity contribution < 1.29 is 14.3 Å². The third-order valence-electron chi connectivity index (χ3n) is 4.85. The zero-order valence-corrected chi connectivity index (χ0v) is 15.1. The van der Waals surface area contributed by atoms with Crippen LogP contribution in [-0.2, 0) is 9.53 Å². The van der Waals surface area contributed by atoms with E-state index >= 15 is 0 Å². The Morgan fingerprint density at radius 2 is 2.00 bits per heavy atom. The van der Waals surface area contributed by atoms with Crippen LogP contribution in [0.2, 0.25) is 0 Å². The Morgan fingerprint density at radius 1 is 1.25 bits per heavy atom. The molecule has 1 aromatic rings. The fraction of sp³-hybridized carbons (Fsp3) is 0.556. The summed E-state index contributed by atoms with van der Waals surface area (Å²) in [5, 5.41) is 0. The van der Waals surface area contributed by atoms with Gasteiger partial charge in [0.15, 0.2) is 0 Å². The molecule has 2 aliphatic rings. The summed E-state index contributed by atoms with van der Waals surface area (Å²) in [6, 6.07) is 7.79. The van der Waals surface area contributed by atoms with Crippen LogP contribution in [0.15, 0.2) is 24.3 Å². The maximum absolute atomic E-state index is 13.0. The third-order valence-corrected chi connectivity index (χ3v) is 6.41. The molecule has 0 atom stereocenters. The number of rotatable bonds is 3. The molecule has 0 bridgehead atoms. The van der Waals surface area contributed by atoms with E-state index in [9.17, 15) is 9.59 Å². The van der Waals surface area contributed by atoms with Crippen molar-refractivity contribution in [2.24, 2.45) is 0 Å². The van der Waals surface area contributed by atoms with Gasteiger partial charge in [-0.1, -0.05) is 17.7 Å². The number of methoxy groups -OCH3 is 1. The predicted octanol–water partition coefficient (Wildman–Crippen LogP) is 2.15. The summed E-state index contributed by atoms with van der Waals surface area (Å²) in [5.41, 5.74) is 1.86. The van der Waals surface area contributed by atoms with Gasteiger partial charge < -0.3 is 14.5 Å². The van der Waals surface area contributed by atoms with Gasteiger partial charge in [0.25, 0.3) is 5.91 Å². The van der Waals surface area contributed by atoms with Gasteiger partial charge in [-0.25, -0.2) is 0 Å². The zero-order chi connectivity index (χ0) is 17.2. The predicted molar refractivity (Wildman–Crippen MR) is 95.1 cm³/mol. The quantitative estimate of drug-likeness (QED) is 0.840. The van der Waals surface area contributed by atoms with E-state index in [2.05, 4.69) is 0 Å². The first-order chi connectivity index (χ1) is 11.6. The number of ether oxygens (including phenoxy) is 1. The maximum atomic E-state index is 13.0. The van der Waals surface area contributed by atoms with E-state index in [-0.39, 0.29) is 23.3 Å². The molecule has 0 aromatic heterocycles. The Labute approximate surface area is 147 Å². The number of carbonyl (C=O) groups is 2. The molecule has 0 N–H and O–H groups in total. The molecule has 130 valence electrons. The minimum atomic E-state index is -0.162. The number of likely N-dealkylation sites (tertiary alicyclic amines) is 1. The van der Waals surface area contributed by atoms with Crippen LogP contribution in [0.1, 0.15) is 28.8 Å². The first-order valence-corrected chi connectivity index (χ1v) is 9.34. The first kappa shape index (κ1) is 17.3. The summed E-state index contributed by atoms with van der Waals surface area (Å²) in [6.07, 6.45) is 1.65. The highest BCUT2D eigenvalue weighted by Crippen LogP contribution is 2.44. The Hall–Kier alpha value is -1.53. The van der Waals surface area contributed by atoms with E-state index in [4.69, 9.17) is 4.74 Å². The molecule has 2 fully saturated rings. The summed E-state index contributed by atoms with van der Waals surface area (Å²) >= 11 is 1.86. The van der Waals surface area contributed by atoms with Gasteiger partial charge >= 0.3 is 0 Å². The lowest BCUT2D eigenvalue weighted by atomic mass is 10.0. The molecule has 0 aliphatic carbocycles. The van der Waals surface area contributed by atoms with Crippen LogP contribution in [0.3, 0.4) is 0 Å². The lowest BCUT2D eigenvalue weighted by Crippen LogP contribution is -2.54. The van der Waals surface area contributed by atoms with Crippen LogP contribution in [0.25, 0.3) is 0 Å². The summed E-state index contributed by atoms with van der Waals surface area (Å²) in [6.45, 7) is 4.29. The fourth-order valence-electron chi connectivity index (χ4n) is 3.56. The number of hydrogen-bond donors (Lipinski definition) is 0. The number of benzene rings is 1. The molecule has 1 spiro atoms. The molecule has 1 aromatic carbocycles. The van der Waals surface area contributed by atoms with Crippen molar-refractivity contribution in [3.05, 3.63) is 35.4 Å². The highest BCUT2D eigenvalue weighted by atomic mass is 32.2. The number of piperidine rings is 1. The fourth-order valence-corrected chi connectivity index (χ4v) is 5.02. The number of carbonyl (C=O) groups excluding carboxylic acids is 2. The van der Waals surface area contributed by atoms with Crippen molar-refractivity contribution in [1.82, 2.24) is 9.80 Å². The smallest absolute Gasteiger partial charge is 0.255 e. The number of amides is 2. The molecule has 2 amide bonds. The molecule has 2 heterocycles. The molecule has 0 saturated carbocycles. The number of nitrogens with zero attached hydrogens (tertiary/aromatic N) is 2. The molecule has 24 heavy (non-hydrogen) atoms. The standard InChI is InChI=1S/C18H24N2O3S/c1-14-4-3-5-15(12-14)17(22)20-10-11-24-18(20)6-8-19(9-7-18)16(21)13-23-2/h3-5,12H,6-11,13H2,1-2H3. The van der Waals surface area contributed by atoms with Crippen molar-refractivity contribution >= 4 is 23.6 Å². The van der Waals surface area contributed by atoms with E-state index < -0.39 is 0 Å². The monoisotopic (exact) mass is 348 g/mol. The van der Waals surface area contributed by atoms with Gasteiger partial charge in [-0.2, -0.15) is 0 Å². The van der Waals surface area contributed by atoms with Gasteiger partial charge in [-0.05, 0) is 31.9 Å². The molecule has 0 unspecified atom stereocenters. The van der Waals surface area contributed by atoms with Crippen LogP contribution in [0.4, 0.5) is 0 Å². The van der Waals surface area contributed by atoms with Gasteiger partial charge in [0.2, 0.25) is 5.91 Å². The molecular weight excluding hydrogens is 324 g/mol. The van der Waals surface area contributed by atoms with E-state index in [1.165, 1.54) is 0 Å². The van der Waals surface area contributed by atoms with Crippen LogP contribution in [0.5, 0.6) is 0 Å². The van der Waals surface area contributed by atoms with Gasteiger partial charge in [-0.3, -0.25) is 9.59 Å². The van der Waals surface area contributed by atoms with E-state index in [1.807, 2.05) is 52.8 Å². The van der Waals surface area contributed by atoms with Gasteiger partial charge in [0.05, 0.1) is 4.87 Å². The average molecular weight is 348 g/mol. The third kappa shape index (κ3) is 3.30. The number of thioether (sulfide) groups is 1. The van der Waals surface area contributed by atoms with Crippen molar-refractivity contribution in [2.75, 3.05) is 39.1 Å². The van der Waals surface area contributed by atoms with Gasteiger partial charge in [0, 0.05) is 38.1 Å². The lowest BCUT2D eigenvalue weighted by Gasteiger charge is -2.44. The Balaban J connectivity index is 1.72. The van der Waals surface area contributed by atoms with Crippen LogP contribution < -0.4 is 0 Å². The van der Waals surface area contributed by atoms with Crippen LogP contribution >= 0.6 is 11.8 Å². The van der Waals surface area contributed by atoms with Crippen molar-refractivity contribution in [3.8, 4) is 0 Å². The Morgan fingerprint density at radius 3 is 2.67 bits per heavy atom. The average Bonchev–Trinajstić information content (AvgIpc) is 2.98. The lowest BCUT2D eigenvalue weighted by molar-refractivity contribution is -0.136. The second-order valence-corrected chi connectivity index (χ2v) is 7.89. The summed E-state index contributed by atoms with van der Waals surface area (Å²) in [7, 11) is 1.54. The van der Waals surface area contributed by atoms with Crippen molar-refractivity contribution in [1.29, 1.82) is 0 Å². The largest absolute Gasteiger partial charge is 0.375 e. The zero-order valence-electron chi connectivity index (χ0n) is 14.3. The Bertz CT molecular complexity index is 626. The SMILES string of the molecule is COCC(=O)N1CCC2(CC1)SCCN2C(=O)c1cccc(C)c1. The number of aryl methyl sites for hydroxylation is 1. The van der Waals surface area contributed by atoms with Crippen molar-refractivity contribution in [3.63, 3.8) is 0 Å². The molecular formula is C18H24N2O3S. The maximum Gasteiger partial charge on any atom is 0.255 e. The molecule has 3 rings (SSSR count). The van der Waals surface area contributed by atoms with Gasteiger partial charge in [0.1, 0.15) is 6.61 Å². The van der Waals surface area contributed by atoms with Crippen LogP contribution in [-0.4, -0.2) is 65.6 Å². The molecule has 6 heteroatoms. The van der Waals surface area contributed by atoms with E-state index in [0.717, 1.165) is 36.3 Å². The molecule has 5 nitrogen and oxygen atoms in total. The highest BCUT2D eigenvalue weighted by molar-refractivity contribution is 8.00. The summed E-state index contributed by atoms with van der Waals surface area (Å²) in [5.74, 6) is 1.11. The van der Waals surface area contributed by atoms with Crippen molar-refractivity contribution in [2.45, 2.75) is 24.6 Å². The Kier molecular flexibility index (Phi) is 5.15. The topological polar surface area (TPSA) is 49.9 Å². The normalized spacial score (nSPS) is 19.8. The molecule has 2 aliphatic heterocycles. The highest BCUT2D eigenvalue weighted by Gasteiger charge is 2.46. The minimum absolute atomic E-state index is 0.0342. The molecule has 0 radical (unpaired) electrons. The summed E-state index contributed by atoms with van der Waals surface area (Å²) in [4.78, 5) is 28.7. The van der Waals surface area contributed by atoms with E-state index in [1.54, 1.807) is 7.11 Å². The first-order valence-electron chi connectivity index (χ1n) is 8.35. The second-order valence-electron chi connectivity index (χ2n) is 6.43. The number of hydrogen-bond acceptors (Lipinski definition) is 4.